The van der Waals surface area contributed by atoms with Gasteiger partial charge in [0.15, 0.2) is 0 Å². The summed E-state index contributed by atoms with van der Waals surface area (Å²) in [4.78, 5) is 23.2. The standard InChI is InChI=1S/C14H20ClN3O2/c1-9(2)6-7-17-14(20)18-12-8-10(13(19)16-3)4-5-11(12)15/h4-5,8-9H,6-7H2,1-3H3,(H,16,19)(H2,17,18,20). The van der Waals surface area contributed by atoms with Crippen molar-refractivity contribution in [2.75, 3.05) is 18.9 Å². The fraction of sp³-hybridized carbons (Fsp3) is 0.429. The first-order chi connectivity index (χ1) is 9.43. The zero-order chi connectivity index (χ0) is 15.1. The van der Waals surface area contributed by atoms with Gasteiger partial charge >= 0.3 is 6.03 Å². The minimum absolute atomic E-state index is 0.232. The molecular formula is C14H20ClN3O2. The van der Waals surface area contributed by atoms with Crippen LogP contribution in [0.2, 0.25) is 5.02 Å². The van der Waals surface area contributed by atoms with E-state index in [0.717, 1.165) is 6.42 Å². The van der Waals surface area contributed by atoms with Crippen molar-refractivity contribution in [1.29, 1.82) is 0 Å². The van der Waals surface area contributed by atoms with Gasteiger partial charge in [-0.3, -0.25) is 4.79 Å². The number of benzene rings is 1. The highest BCUT2D eigenvalue weighted by atomic mass is 35.5. The van der Waals surface area contributed by atoms with Crippen LogP contribution >= 0.6 is 11.6 Å². The summed E-state index contributed by atoms with van der Waals surface area (Å²) in [6.07, 6.45) is 0.902. The van der Waals surface area contributed by atoms with E-state index < -0.39 is 0 Å². The molecule has 0 unspecified atom stereocenters. The molecule has 0 aliphatic rings. The summed E-state index contributed by atoms with van der Waals surface area (Å²) in [6, 6.07) is 4.39. The van der Waals surface area contributed by atoms with Gasteiger partial charge in [-0.15, -0.1) is 0 Å². The van der Waals surface area contributed by atoms with E-state index >= 15 is 0 Å². The highest BCUT2D eigenvalue weighted by Crippen LogP contribution is 2.22. The van der Waals surface area contributed by atoms with Crippen molar-refractivity contribution in [3.05, 3.63) is 28.8 Å². The first kappa shape index (κ1) is 16.3. The molecule has 110 valence electrons. The Hall–Kier alpha value is -1.75. The van der Waals surface area contributed by atoms with E-state index in [0.29, 0.717) is 28.7 Å². The van der Waals surface area contributed by atoms with E-state index in [4.69, 9.17) is 11.6 Å². The third-order valence-electron chi connectivity index (χ3n) is 2.71. The third-order valence-corrected chi connectivity index (χ3v) is 3.04. The van der Waals surface area contributed by atoms with Crippen LogP contribution in [-0.4, -0.2) is 25.5 Å². The minimum Gasteiger partial charge on any atom is -0.355 e. The highest BCUT2D eigenvalue weighted by Gasteiger charge is 2.10. The molecule has 0 saturated heterocycles. The van der Waals surface area contributed by atoms with Gasteiger partial charge in [-0.1, -0.05) is 25.4 Å². The lowest BCUT2D eigenvalue weighted by Gasteiger charge is -2.11. The largest absolute Gasteiger partial charge is 0.355 e. The van der Waals surface area contributed by atoms with Crippen LogP contribution in [-0.2, 0) is 0 Å². The molecule has 0 fully saturated rings. The maximum atomic E-state index is 11.7. The number of hydrogen-bond donors (Lipinski definition) is 3. The molecular weight excluding hydrogens is 278 g/mol. The molecule has 3 amide bonds. The number of rotatable bonds is 5. The molecule has 6 heteroatoms. The lowest BCUT2D eigenvalue weighted by molar-refractivity contribution is 0.0963. The Bertz CT molecular complexity index is 489. The Morgan fingerprint density at radius 2 is 2.00 bits per heavy atom. The zero-order valence-corrected chi connectivity index (χ0v) is 12.7. The van der Waals surface area contributed by atoms with Gasteiger partial charge in [-0.25, -0.2) is 4.79 Å². The van der Waals surface area contributed by atoms with E-state index in [1.54, 1.807) is 25.2 Å². The molecule has 0 heterocycles. The van der Waals surface area contributed by atoms with Crippen molar-refractivity contribution in [3.8, 4) is 0 Å². The normalized spacial score (nSPS) is 10.2. The van der Waals surface area contributed by atoms with Gasteiger partial charge < -0.3 is 16.0 Å². The molecule has 20 heavy (non-hydrogen) atoms. The lowest BCUT2D eigenvalue weighted by Crippen LogP contribution is -2.30. The van der Waals surface area contributed by atoms with Crippen LogP contribution in [0.5, 0.6) is 0 Å². The molecule has 0 atom stereocenters. The van der Waals surface area contributed by atoms with Crippen LogP contribution in [0.4, 0.5) is 10.5 Å². The van der Waals surface area contributed by atoms with E-state index in [-0.39, 0.29) is 11.9 Å². The molecule has 0 aliphatic carbocycles. The molecule has 0 radical (unpaired) electrons. The first-order valence-electron chi connectivity index (χ1n) is 6.50. The molecule has 0 bridgehead atoms. The van der Waals surface area contributed by atoms with Crippen molar-refractivity contribution in [1.82, 2.24) is 10.6 Å². The van der Waals surface area contributed by atoms with Gasteiger partial charge in [0.1, 0.15) is 0 Å². The second-order valence-electron chi connectivity index (χ2n) is 4.84. The number of carbonyl (C=O) groups excluding carboxylic acids is 2. The fourth-order valence-corrected chi connectivity index (χ4v) is 1.71. The Kier molecular flexibility index (Phi) is 6.31. The van der Waals surface area contributed by atoms with Crippen molar-refractivity contribution in [2.24, 2.45) is 5.92 Å². The number of carbonyl (C=O) groups is 2. The molecule has 3 N–H and O–H groups in total. The molecule has 0 saturated carbocycles. The van der Waals surface area contributed by atoms with Gasteiger partial charge in [0.25, 0.3) is 5.91 Å². The summed E-state index contributed by atoms with van der Waals surface area (Å²) in [5, 5.41) is 8.29. The molecule has 1 rings (SSSR count). The smallest absolute Gasteiger partial charge is 0.319 e. The van der Waals surface area contributed by atoms with Crippen LogP contribution in [0.1, 0.15) is 30.6 Å². The second-order valence-corrected chi connectivity index (χ2v) is 5.24. The SMILES string of the molecule is CNC(=O)c1ccc(Cl)c(NC(=O)NCCC(C)C)c1. The summed E-state index contributed by atoms with van der Waals surface area (Å²) >= 11 is 6.00. The monoisotopic (exact) mass is 297 g/mol. The quantitative estimate of drug-likeness (QED) is 0.782. The van der Waals surface area contributed by atoms with Crippen molar-refractivity contribution >= 4 is 29.2 Å². The minimum atomic E-state index is -0.332. The number of anilines is 1. The maximum absolute atomic E-state index is 11.7. The van der Waals surface area contributed by atoms with Gasteiger partial charge in [-0.05, 0) is 30.5 Å². The number of halogens is 1. The summed E-state index contributed by atoms with van der Waals surface area (Å²) in [7, 11) is 1.54. The average Bonchev–Trinajstić information content (AvgIpc) is 2.40. The number of urea groups is 1. The van der Waals surface area contributed by atoms with Crippen molar-refractivity contribution < 1.29 is 9.59 Å². The van der Waals surface area contributed by atoms with Crippen LogP contribution in [0.15, 0.2) is 18.2 Å². The van der Waals surface area contributed by atoms with Gasteiger partial charge in [0, 0.05) is 19.2 Å². The molecule has 0 aromatic heterocycles. The Morgan fingerprint density at radius 3 is 2.60 bits per heavy atom. The predicted octanol–water partition coefficient (Wildman–Crippen LogP) is 2.87. The molecule has 0 aliphatic heterocycles. The van der Waals surface area contributed by atoms with Crippen LogP contribution in [0.3, 0.4) is 0 Å². The van der Waals surface area contributed by atoms with Crippen molar-refractivity contribution in [3.63, 3.8) is 0 Å². The van der Waals surface area contributed by atoms with E-state index in [2.05, 4.69) is 29.8 Å². The van der Waals surface area contributed by atoms with Gasteiger partial charge in [0.2, 0.25) is 0 Å². The van der Waals surface area contributed by atoms with Crippen LogP contribution < -0.4 is 16.0 Å². The number of nitrogens with one attached hydrogen (secondary N) is 3. The molecule has 1 aromatic rings. The second kappa shape index (κ2) is 7.75. The molecule has 0 spiro atoms. The first-order valence-corrected chi connectivity index (χ1v) is 6.88. The van der Waals surface area contributed by atoms with Gasteiger partial charge in [0.05, 0.1) is 10.7 Å². The summed E-state index contributed by atoms with van der Waals surface area (Å²) < 4.78 is 0. The Labute approximate surface area is 124 Å². The molecule has 1 aromatic carbocycles. The summed E-state index contributed by atoms with van der Waals surface area (Å²) in [5.74, 6) is 0.292. The Balaban J connectivity index is 2.66. The maximum Gasteiger partial charge on any atom is 0.319 e. The van der Waals surface area contributed by atoms with Crippen molar-refractivity contribution in [2.45, 2.75) is 20.3 Å². The summed E-state index contributed by atoms with van der Waals surface area (Å²) in [5.41, 5.74) is 0.851. The molecule has 5 nitrogen and oxygen atoms in total. The van der Waals surface area contributed by atoms with Crippen LogP contribution in [0, 0.1) is 5.92 Å². The van der Waals surface area contributed by atoms with Crippen LogP contribution in [0.25, 0.3) is 0 Å². The zero-order valence-electron chi connectivity index (χ0n) is 11.9. The predicted molar refractivity (Wildman–Crippen MR) is 81.3 cm³/mol. The fourth-order valence-electron chi connectivity index (χ4n) is 1.55. The van der Waals surface area contributed by atoms with Gasteiger partial charge in [-0.2, -0.15) is 0 Å². The van der Waals surface area contributed by atoms with E-state index in [1.807, 2.05) is 0 Å². The number of amides is 3. The number of hydrogen-bond acceptors (Lipinski definition) is 2. The van der Waals surface area contributed by atoms with E-state index in [9.17, 15) is 9.59 Å². The third kappa shape index (κ3) is 5.09. The topological polar surface area (TPSA) is 70.2 Å². The average molecular weight is 298 g/mol. The highest BCUT2D eigenvalue weighted by molar-refractivity contribution is 6.33. The Morgan fingerprint density at radius 1 is 1.30 bits per heavy atom. The van der Waals surface area contributed by atoms with E-state index in [1.165, 1.54) is 0 Å². The lowest BCUT2D eigenvalue weighted by atomic mass is 10.1. The summed E-state index contributed by atoms with van der Waals surface area (Å²) in [6.45, 7) is 4.77.